The number of urea groups is 1. The first-order chi connectivity index (χ1) is 20.9. The number of hydrogen-bond acceptors (Lipinski definition) is 4. The summed E-state index contributed by atoms with van der Waals surface area (Å²) in [6.07, 6.45) is 2.54. The van der Waals surface area contributed by atoms with Crippen LogP contribution < -0.4 is 15.4 Å². The fourth-order valence-corrected chi connectivity index (χ4v) is 5.88. The number of fused-ring (bicyclic) bond motifs is 1. The number of hydrogen-bond donors (Lipinski definition) is 3. The molecule has 4 aromatic rings. The van der Waals surface area contributed by atoms with Crippen molar-refractivity contribution in [1.29, 1.82) is 0 Å². The summed E-state index contributed by atoms with van der Waals surface area (Å²) in [5.74, 6) is -0.367. The quantitative estimate of drug-likeness (QED) is 0.211. The van der Waals surface area contributed by atoms with E-state index in [0.717, 1.165) is 41.7 Å². The van der Waals surface area contributed by atoms with Gasteiger partial charge in [-0.15, -0.1) is 0 Å². The Morgan fingerprint density at radius 2 is 1.65 bits per heavy atom. The van der Waals surface area contributed by atoms with Crippen molar-refractivity contribution in [1.82, 2.24) is 10.2 Å². The molecule has 0 heterocycles. The van der Waals surface area contributed by atoms with E-state index in [1.807, 2.05) is 65.6 Å². The van der Waals surface area contributed by atoms with Crippen LogP contribution in [0.4, 0.5) is 10.5 Å². The van der Waals surface area contributed by atoms with E-state index in [2.05, 4.69) is 28.8 Å². The number of amides is 3. The van der Waals surface area contributed by atoms with Crippen molar-refractivity contribution >= 4 is 23.6 Å². The highest BCUT2D eigenvalue weighted by Crippen LogP contribution is 2.42. The second kappa shape index (κ2) is 13.7. The molecule has 5 rings (SSSR count). The predicted octanol–water partition coefficient (Wildman–Crippen LogP) is 6.09. The lowest BCUT2D eigenvalue weighted by Crippen LogP contribution is -2.46. The average Bonchev–Trinajstić information content (AvgIpc) is 3.03. The number of anilines is 1. The molecule has 1 aliphatic rings. The van der Waals surface area contributed by atoms with E-state index >= 15 is 0 Å². The maximum atomic E-state index is 14.1. The van der Waals surface area contributed by atoms with Crippen LogP contribution in [0, 0.1) is 5.92 Å². The zero-order valence-corrected chi connectivity index (χ0v) is 24.0. The summed E-state index contributed by atoms with van der Waals surface area (Å²) >= 11 is 0. The van der Waals surface area contributed by atoms with Crippen molar-refractivity contribution in [3.05, 3.63) is 131 Å². The van der Waals surface area contributed by atoms with Gasteiger partial charge in [0.1, 0.15) is 5.75 Å². The average molecular weight is 578 g/mol. The largest absolute Gasteiger partial charge is 0.496 e. The summed E-state index contributed by atoms with van der Waals surface area (Å²) in [4.78, 5) is 40.0. The van der Waals surface area contributed by atoms with Crippen LogP contribution in [0.5, 0.6) is 5.75 Å². The van der Waals surface area contributed by atoms with Crippen molar-refractivity contribution in [2.24, 2.45) is 5.92 Å². The van der Waals surface area contributed by atoms with Crippen molar-refractivity contribution in [2.75, 3.05) is 19.0 Å². The number of rotatable bonds is 10. The van der Waals surface area contributed by atoms with Crippen LogP contribution in [-0.4, -0.2) is 41.6 Å². The monoisotopic (exact) mass is 577 g/mol. The molecule has 0 aliphatic heterocycles. The predicted molar refractivity (Wildman–Crippen MR) is 165 cm³/mol. The Balaban J connectivity index is 1.42. The Bertz CT molecular complexity index is 1590. The molecule has 43 heavy (non-hydrogen) atoms. The molecule has 0 saturated carbocycles. The van der Waals surface area contributed by atoms with Gasteiger partial charge in [-0.1, -0.05) is 78.9 Å². The fourth-order valence-electron chi connectivity index (χ4n) is 5.88. The molecule has 0 aromatic heterocycles. The molecule has 8 heteroatoms. The van der Waals surface area contributed by atoms with Gasteiger partial charge in [-0.2, -0.15) is 0 Å². The number of ether oxygens (including phenoxy) is 1. The maximum absolute atomic E-state index is 14.1. The van der Waals surface area contributed by atoms with E-state index in [-0.39, 0.29) is 30.0 Å². The molecule has 0 bridgehead atoms. The highest BCUT2D eigenvalue weighted by molar-refractivity contribution is 5.94. The SMILES string of the molecule is COc1ccccc1CC1CCc2ccccc2C1N(Cc1ccccc1)C(=O)CNC(=O)Nc1cccc(C(=O)O)c1. The minimum absolute atomic E-state index is 0.0555. The highest BCUT2D eigenvalue weighted by atomic mass is 16.5. The van der Waals surface area contributed by atoms with Crippen molar-refractivity contribution < 1.29 is 24.2 Å². The number of methoxy groups -OCH3 is 1. The molecule has 8 nitrogen and oxygen atoms in total. The van der Waals surface area contributed by atoms with E-state index in [4.69, 9.17) is 4.74 Å². The fraction of sp³-hybridized carbons (Fsp3) is 0.229. The van der Waals surface area contributed by atoms with Gasteiger partial charge in [-0.05, 0) is 71.7 Å². The summed E-state index contributed by atoms with van der Waals surface area (Å²) in [6, 6.07) is 31.3. The molecule has 0 spiro atoms. The molecule has 2 unspecified atom stereocenters. The number of carboxylic acid groups (broad SMARTS) is 1. The van der Waals surface area contributed by atoms with Crippen LogP contribution in [0.3, 0.4) is 0 Å². The van der Waals surface area contributed by atoms with Gasteiger partial charge in [0.05, 0.1) is 25.3 Å². The molecule has 3 N–H and O–H groups in total. The smallest absolute Gasteiger partial charge is 0.335 e. The summed E-state index contributed by atoms with van der Waals surface area (Å²) in [5.41, 5.74) is 4.80. The third kappa shape index (κ3) is 7.22. The van der Waals surface area contributed by atoms with Crippen LogP contribution in [-0.2, 0) is 24.2 Å². The first-order valence-corrected chi connectivity index (χ1v) is 14.3. The first kappa shape index (κ1) is 29.4. The first-order valence-electron chi connectivity index (χ1n) is 14.3. The van der Waals surface area contributed by atoms with Gasteiger partial charge in [0.25, 0.3) is 0 Å². The van der Waals surface area contributed by atoms with Crippen LogP contribution in [0.15, 0.2) is 103 Å². The minimum Gasteiger partial charge on any atom is -0.496 e. The number of aromatic carboxylic acids is 1. The summed E-state index contributed by atoms with van der Waals surface area (Å²) < 4.78 is 5.66. The normalized spacial score (nSPS) is 15.6. The third-order valence-corrected chi connectivity index (χ3v) is 7.90. The van der Waals surface area contributed by atoms with Crippen LogP contribution in [0.1, 0.15) is 45.1 Å². The van der Waals surface area contributed by atoms with Gasteiger partial charge in [-0.25, -0.2) is 9.59 Å². The number of benzene rings is 4. The third-order valence-electron chi connectivity index (χ3n) is 7.90. The second-order valence-corrected chi connectivity index (χ2v) is 10.7. The molecule has 0 fully saturated rings. The zero-order valence-electron chi connectivity index (χ0n) is 24.0. The molecule has 220 valence electrons. The molecule has 2 atom stereocenters. The van der Waals surface area contributed by atoms with E-state index < -0.39 is 12.0 Å². The van der Waals surface area contributed by atoms with Gasteiger partial charge < -0.3 is 25.4 Å². The van der Waals surface area contributed by atoms with E-state index in [1.54, 1.807) is 19.2 Å². The van der Waals surface area contributed by atoms with Gasteiger partial charge in [0.15, 0.2) is 0 Å². The summed E-state index contributed by atoms with van der Waals surface area (Å²) in [6.45, 7) is 0.155. The molecular weight excluding hydrogens is 542 g/mol. The van der Waals surface area contributed by atoms with Gasteiger partial charge in [0, 0.05) is 12.2 Å². The number of carboxylic acids is 1. The Morgan fingerprint density at radius 1 is 0.907 bits per heavy atom. The standard InChI is InChI=1S/C35H35N3O5/c1-43-31-17-8-6-13-26(31)20-27-19-18-25-12-5-7-16-30(25)33(27)38(23-24-10-3-2-4-11-24)32(39)22-36-35(42)37-29-15-9-14-28(21-29)34(40)41/h2-17,21,27,33H,18-20,22-23H2,1H3,(H,40,41)(H2,36,37,42). The van der Waals surface area contributed by atoms with E-state index in [0.29, 0.717) is 12.2 Å². The number of carbonyl (C=O) groups is 3. The minimum atomic E-state index is -1.09. The Labute approximate surface area is 251 Å². The number of nitrogens with zero attached hydrogens (tertiary/aromatic N) is 1. The topological polar surface area (TPSA) is 108 Å². The maximum Gasteiger partial charge on any atom is 0.335 e. The van der Waals surface area contributed by atoms with Crippen LogP contribution in [0.2, 0.25) is 0 Å². The van der Waals surface area contributed by atoms with Gasteiger partial charge in [-0.3, -0.25) is 4.79 Å². The number of nitrogens with one attached hydrogen (secondary N) is 2. The molecular formula is C35H35N3O5. The Hall–Kier alpha value is -5.11. The van der Waals surface area contributed by atoms with Crippen molar-refractivity contribution in [3.63, 3.8) is 0 Å². The number of carbonyl (C=O) groups excluding carboxylic acids is 2. The van der Waals surface area contributed by atoms with Gasteiger partial charge in [0.2, 0.25) is 5.91 Å². The number of aryl methyl sites for hydroxylation is 1. The lowest BCUT2D eigenvalue weighted by atomic mass is 9.76. The molecule has 1 aliphatic carbocycles. The lowest BCUT2D eigenvalue weighted by molar-refractivity contribution is -0.135. The Kier molecular flexibility index (Phi) is 9.36. The highest BCUT2D eigenvalue weighted by Gasteiger charge is 2.36. The van der Waals surface area contributed by atoms with Crippen molar-refractivity contribution in [3.8, 4) is 5.75 Å². The van der Waals surface area contributed by atoms with E-state index in [9.17, 15) is 19.5 Å². The summed E-state index contributed by atoms with van der Waals surface area (Å²) in [7, 11) is 1.67. The van der Waals surface area contributed by atoms with Crippen LogP contribution in [0.25, 0.3) is 0 Å². The number of para-hydroxylation sites is 1. The molecule has 0 radical (unpaired) electrons. The Morgan fingerprint density at radius 3 is 2.44 bits per heavy atom. The van der Waals surface area contributed by atoms with Gasteiger partial charge >= 0.3 is 12.0 Å². The van der Waals surface area contributed by atoms with Crippen LogP contribution >= 0.6 is 0 Å². The molecule has 4 aromatic carbocycles. The summed E-state index contributed by atoms with van der Waals surface area (Å²) in [5, 5.41) is 14.6. The molecule has 0 saturated heterocycles. The lowest BCUT2D eigenvalue weighted by Gasteiger charge is -2.42. The van der Waals surface area contributed by atoms with E-state index in [1.165, 1.54) is 17.7 Å². The molecule has 3 amide bonds. The zero-order chi connectivity index (χ0) is 30.2. The second-order valence-electron chi connectivity index (χ2n) is 10.7. The van der Waals surface area contributed by atoms with Crippen molar-refractivity contribution in [2.45, 2.75) is 31.8 Å².